The molecule has 0 aliphatic rings. The summed E-state index contributed by atoms with van der Waals surface area (Å²) in [6.07, 6.45) is 0.931. The van der Waals surface area contributed by atoms with Crippen LogP contribution in [0.3, 0.4) is 0 Å². The number of hydrogen-bond donors (Lipinski definition) is 1. The standard InChI is InChI=1S/C14H12BrCl2FN2O/c1-2-5-19-13-10(16)7-11(17)14(20-13)21-12-4-3-8(18)6-9(12)15/h3-4,6-7H,2,5H2,1H3,(H,19,20). The Morgan fingerprint density at radius 2 is 2.05 bits per heavy atom. The first-order valence-electron chi connectivity index (χ1n) is 6.24. The fourth-order valence-electron chi connectivity index (χ4n) is 1.55. The highest BCUT2D eigenvalue weighted by Gasteiger charge is 2.13. The van der Waals surface area contributed by atoms with E-state index in [0.717, 1.165) is 13.0 Å². The summed E-state index contributed by atoms with van der Waals surface area (Å²) in [6, 6.07) is 5.64. The van der Waals surface area contributed by atoms with Gasteiger partial charge >= 0.3 is 0 Å². The van der Waals surface area contributed by atoms with Crippen molar-refractivity contribution in [3.05, 3.63) is 44.6 Å². The van der Waals surface area contributed by atoms with Crippen LogP contribution < -0.4 is 10.1 Å². The van der Waals surface area contributed by atoms with Crippen molar-refractivity contribution in [1.29, 1.82) is 0 Å². The van der Waals surface area contributed by atoms with Crippen LogP contribution in [0.4, 0.5) is 10.2 Å². The van der Waals surface area contributed by atoms with E-state index < -0.39 is 0 Å². The maximum absolute atomic E-state index is 13.1. The van der Waals surface area contributed by atoms with Crippen molar-refractivity contribution in [2.24, 2.45) is 0 Å². The second-order valence-corrected chi connectivity index (χ2v) is 5.88. The Balaban J connectivity index is 2.30. The molecule has 0 unspecified atom stereocenters. The van der Waals surface area contributed by atoms with Crippen LogP contribution in [0.1, 0.15) is 13.3 Å². The van der Waals surface area contributed by atoms with Crippen LogP contribution in [0.5, 0.6) is 11.6 Å². The van der Waals surface area contributed by atoms with Gasteiger partial charge in [0.15, 0.2) is 0 Å². The third kappa shape index (κ3) is 4.22. The molecule has 112 valence electrons. The van der Waals surface area contributed by atoms with Crippen molar-refractivity contribution in [3.8, 4) is 11.6 Å². The number of nitrogens with zero attached hydrogens (tertiary/aromatic N) is 1. The van der Waals surface area contributed by atoms with Crippen LogP contribution >= 0.6 is 39.1 Å². The fourth-order valence-corrected chi connectivity index (χ4v) is 2.45. The van der Waals surface area contributed by atoms with E-state index in [-0.39, 0.29) is 16.7 Å². The normalized spacial score (nSPS) is 10.5. The molecule has 1 aromatic heterocycles. The lowest BCUT2D eigenvalue weighted by molar-refractivity contribution is 0.459. The Hall–Kier alpha value is -1.04. The van der Waals surface area contributed by atoms with E-state index in [4.69, 9.17) is 27.9 Å². The second-order valence-electron chi connectivity index (χ2n) is 4.21. The smallest absolute Gasteiger partial charge is 0.240 e. The van der Waals surface area contributed by atoms with Gasteiger partial charge < -0.3 is 10.1 Å². The molecule has 0 aliphatic carbocycles. The van der Waals surface area contributed by atoms with E-state index in [1.54, 1.807) is 6.07 Å². The summed E-state index contributed by atoms with van der Waals surface area (Å²) < 4.78 is 19.2. The fraction of sp³-hybridized carbons (Fsp3) is 0.214. The van der Waals surface area contributed by atoms with Gasteiger partial charge in [-0.3, -0.25) is 0 Å². The van der Waals surface area contributed by atoms with Gasteiger partial charge in [0.05, 0.1) is 9.50 Å². The van der Waals surface area contributed by atoms with Crippen molar-refractivity contribution in [1.82, 2.24) is 4.98 Å². The molecule has 0 bridgehead atoms. The van der Waals surface area contributed by atoms with Crippen LogP contribution in [0, 0.1) is 5.82 Å². The number of rotatable bonds is 5. The van der Waals surface area contributed by atoms with Crippen LogP contribution in [-0.4, -0.2) is 11.5 Å². The monoisotopic (exact) mass is 392 g/mol. The molecule has 1 aromatic carbocycles. The topological polar surface area (TPSA) is 34.2 Å². The average molecular weight is 394 g/mol. The number of ether oxygens (including phenoxy) is 1. The molecule has 1 heterocycles. The summed E-state index contributed by atoms with van der Waals surface area (Å²) in [6.45, 7) is 2.76. The number of hydrogen-bond acceptors (Lipinski definition) is 3. The van der Waals surface area contributed by atoms with Gasteiger partial charge in [-0.25, -0.2) is 4.39 Å². The lowest BCUT2D eigenvalue weighted by Gasteiger charge is -2.12. The third-order valence-electron chi connectivity index (χ3n) is 2.54. The van der Waals surface area contributed by atoms with E-state index in [9.17, 15) is 4.39 Å². The lowest BCUT2D eigenvalue weighted by Crippen LogP contribution is -2.03. The summed E-state index contributed by atoms with van der Waals surface area (Å²) in [4.78, 5) is 4.26. The van der Waals surface area contributed by atoms with Crippen molar-refractivity contribution in [2.45, 2.75) is 13.3 Å². The lowest BCUT2D eigenvalue weighted by atomic mass is 10.3. The number of benzene rings is 1. The third-order valence-corrected chi connectivity index (χ3v) is 3.72. The van der Waals surface area contributed by atoms with Crippen LogP contribution in [-0.2, 0) is 0 Å². The molecule has 7 heteroatoms. The minimum absolute atomic E-state index is 0.201. The molecule has 0 spiro atoms. The van der Waals surface area contributed by atoms with Crippen LogP contribution in [0.15, 0.2) is 28.7 Å². The van der Waals surface area contributed by atoms with Gasteiger partial charge in [-0.1, -0.05) is 30.1 Å². The van der Waals surface area contributed by atoms with Crippen molar-refractivity contribution >= 4 is 44.9 Å². The van der Waals surface area contributed by atoms with E-state index >= 15 is 0 Å². The van der Waals surface area contributed by atoms with E-state index in [1.165, 1.54) is 18.2 Å². The highest BCUT2D eigenvalue weighted by molar-refractivity contribution is 9.10. The highest BCUT2D eigenvalue weighted by atomic mass is 79.9. The molecule has 0 fully saturated rings. The zero-order valence-corrected chi connectivity index (χ0v) is 14.2. The van der Waals surface area contributed by atoms with Crippen molar-refractivity contribution < 1.29 is 9.13 Å². The van der Waals surface area contributed by atoms with E-state index in [0.29, 0.717) is 21.1 Å². The SMILES string of the molecule is CCCNc1nc(Oc2ccc(F)cc2Br)c(Cl)cc1Cl. The Morgan fingerprint density at radius 1 is 1.29 bits per heavy atom. The number of pyridine rings is 1. The molecule has 0 saturated heterocycles. The summed E-state index contributed by atoms with van der Waals surface area (Å²) in [5, 5.41) is 3.78. The Bertz CT molecular complexity index is 655. The van der Waals surface area contributed by atoms with Gasteiger partial charge in [-0.15, -0.1) is 0 Å². The predicted octanol–water partition coefficient (Wildman–Crippen LogP) is 5.90. The molecular formula is C14H12BrCl2FN2O. The molecule has 0 radical (unpaired) electrons. The molecule has 0 aliphatic heterocycles. The zero-order chi connectivity index (χ0) is 15.4. The molecule has 2 rings (SSSR count). The number of halogens is 4. The van der Waals surface area contributed by atoms with Gasteiger partial charge in [0.25, 0.3) is 0 Å². The first-order valence-corrected chi connectivity index (χ1v) is 7.79. The minimum atomic E-state index is -0.366. The Morgan fingerprint density at radius 3 is 2.71 bits per heavy atom. The summed E-state index contributed by atoms with van der Waals surface area (Å²) >= 11 is 15.4. The Kier molecular flexibility index (Phi) is 5.67. The van der Waals surface area contributed by atoms with Gasteiger partial charge in [-0.2, -0.15) is 4.98 Å². The van der Waals surface area contributed by atoms with Crippen LogP contribution in [0.25, 0.3) is 0 Å². The van der Waals surface area contributed by atoms with Gasteiger partial charge in [-0.05, 0) is 46.6 Å². The quantitative estimate of drug-likeness (QED) is 0.686. The van der Waals surface area contributed by atoms with Gasteiger partial charge in [0.1, 0.15) is 22.4 Å². The maximum atomic E-state index is 13.1. The molecule has 3 nitrogen and oxygen atoms in total. The van der Waals surface area contributed by atoms with Crippen molar-refractivity contribution in [2.75, 3.05) is 11.9 Å². The second kappa shape index (κ2) is 7.29. The number of anilines is 1. The molecule has 21 heavy (non-hydrogen) atoms. The molecule has 0 saturated carbocycles. The zero-order valence-electron chi connectivity index (χ0n) is 11.1. The average Bonchev–Trinajstić information content (AvgIpc) is 2.43. The largest absolute Gasteiger partial charge is 0.436 e. The summed E-state index contributed by atoms with van der Waals surface area (Å²) in [5.41, 5.74) is 0. The first kappa shape index (κ1) is 16.3. The summed E-state index contributed by atoms with van der Waals surface area (Å²) in [5.74, 6) is 0.743. The maximum Gasteiger partial charge on any atom is 0.240 e. The number of aromatic nitrogens is 1. The van der Waals surface area contributed by atoms with E-state index in [1.807, 2.05) is 6.92 Å². The van der Waals surface area contributed by atoms with Gasteiger partial charge in [0, 0.05) is 6.54 Å². The first-order chi connectivity index (χ1) is 10.0. The molecule has 0 atom stereocenters. The minimum Gasteiger partial charge on any atom is -0.436 e. The Labute approximate surface area is 140 Å². The number of nitrogens with one attached hydrogen (secondary N) is 1. The highest BCUT2D eigenvalue weighted by Crippen LogP contribution is 2.36. The van der Waals surface area contributed by atoms with E-state index in [2.05, 4.69) is 26.2 Å². The molecule has 0 amide bonds. The van der Waals surface area contributed by atoms with Gasteiger partial charge in [0.2, 0.25) is 5.88 Å². The molecule has 1 N–H and O–H groups in total. The van der Waals surface area contributed by atoms with Crippen LogP contribution in [0.2, 0.25) is 10.0 Å². The van der Waals surface area contributed by atoms with Crippen molar-refractivity contribution in [3.63, 3.8) is 0 Å². The molecular weight excluding hydrogens is 382 g/mol. The molecule has 2 aromatic rings. The predicted molar refractivity (Wildman–Crippen MR) is 87.2 cm³/mol. The summed E-state index contributed by atoms with van der Waals surface area (Å²) in [7, 11) is 0.